The number of hydrogen-bond donors (Lipinski definition) is 0. The second-order valence-electron chi connectivity index (χ2n) is 7.30. The van der Waals surface area contributed by atoms with Gasteiger partial charge in [0.2, 0.25) is 11.8 Å². The van der Waals surface area contributed by atoms with E-state index in [1.165, 1.54) is 16.7 Å². The van der Waals surface area contributed by atoms with Gasteiger partial charge < -0.3 is 4.74 Å². The summed E-state index contributed by atoms with van der Waals surface area (Å²) < 4.78 is 5.76. The highest BCUT2D eigenvalue weighted by Gasteiger charge is 2.40. The summed E-state index contributed by atoms with van der Waals surface area (Å²) in [5.74, 6) is 0.582. The maximum atomic E-state index is 13.0. The van der Waals surface area contributed by atoms with Crippen molar-refractivity contribution in [2.24, 2.45) is 0 Å². The third-order valence-corrected chi connectivity index (χ3v) is 6.35. The number of carbonyl (C=O) groups is 2. The van der Waals surface area contributed by atoms with E-state index in [0.717, 1.165) is 11.3 Å². The fraction of sp³-hybridized carbons (Fsp3) is 0.167. The molecule has 3 aromatic rings. The van der Waals surface area contributed by atoms with Crippen LogP contribution in [0.25, 0.3) is 0 Å². The molecule has 4 rings (SSSR count). The van der Waals surface area contributed by atoms with Crippen LogP contribution < -0.4 is 9.64 Å². The summed E-state index contributed by atoms with van der Waals surface area (Å²) >= 11 is 7.05. The molecule has 2 aromatic carbocycles. The molecule has 8 heteroatoms. The van der Waals surface area contributed by atoms with E-state index in [1.54, 1.807) is 48.5 Å². The molecule has 0 spiro atoms. The van der Waals surface area contributed by atoms with E-state index in [4.69, 9.17) is 16.3 Å². The Morgan fingerprint density at radius 3 is 2.34 bits per heavy atom. The number of thioether (sulfide) groups is 1. The Kier molecular flexibility index (Phi) is 6.17. The molecule has 32 heavy (non-hydrogen) atoms. The largest absolute Gasteiger partial charge is 0.457 e. The van der Waals surface area contributed by atoms with Crippen LogP contribution in [0.5, 0.6) is 11.5 Å². The minimum atomic E-state index is -0.631. The average Bonchev–Trinajstić information content (AvgIpc) is 3.03. The topological polar surface area (TPSA) is 83.3 Å². The van der Waals surface area contributed by atoms with E-state index >= 15 is 0 Å². The first-order valence-electron chi connectivity index (χ1n) is 9.81. The summed E-state index contributed by atoms with van der Waals surface area (Å²) in [6.45, 7) is 3.67. The van der Waals surface area contributed by atoms with Crippen molar-refractivity contribution in [1.29, 1.82) is 5.26 Å². The number of aryl methyl sites for hydroxylation is 2. The Bertz CT molecular complexity index is 1240. The molecule has 0 saturated carbocycles. The fourth-order valence-electron chi connectivity index (χ4n) is 3.43. The van der Waals surface area contributed by atoms with E-state index in [-0.39, 0.29) is 18.2 Å². The molecule has 1 saturated heterocycles. The molecule has 160 valence electrons. The molecule has 1 atom stereocenters. The van der Waals surface area contributed by atoms with E-state index in [1.807, 2.05) is 19.9 Å². The van der Waals surface area contributed by atoms with Crippen molar-refractivity contribution in [1.82, 2.24) is 4.98 Å². The van der Waals surface area contributed by atoms with Gasteiger partial charge in [-0.1, -0.05) is 23.4 Å². The van der Waals surface area contributed by atoms with Crippen molar-refractivity contribution in [3.8, 4) is 17.6 Å². The van der Waals surface area contributed by atoms with Crippen LogP contribution in [0.15, 0.2) is 59.6 Å². The van der Waals surface area contributed by atoms with E-state index in [2.05, 4.69) is 11.1 Å². The smallest absolute Gasteiger partial charge is 0.247 e. The third kappa shape index (κ3) is 4.47. The Balaban J connectivity index is 1.51. The van der Waals surface area contributed by atoms with Crippen LogP contribution in [0.1, 0.15) is 23.2 Å². The van der Waals surface area contributed by atoms with Crippen molar-refractivity contribution in [2.75, 3.05) is 4.90 Å². The summed E-state index contributed by atoms with van der Waals surface area (Å²) in [7, 11) is 0. The molecule has 1 aliphatic heterocycles. The number of nitrogens with zero attached hydrogens (tertiary/aromatic N) is 3. The Hall–Kier alpha value is -3.34. The van der Waals surface area contributed by atoms with Crippen molar-refractivity contribution < 1.29 is 14.3 Å². The number of ether oxygens (including phenoxy) is 1. The highest BCUT2D eigenvalue weighted by atomic mass is 35.5. The van der Waals surface area contributed by atoms with Gasteiger partial charge in [-0.15, -0.1) is 0 Å². The van der Waals surface area contributed by atoms with Crippen LogP contribution in [0.2, 0.25) is 5.02 Å². The predicted octanol–water partition coefficient (Wildman–Crippen LogP) is 5.44. The number of rotatable bonds is 5. The number of aromatic nitrogens is 1. The first-order valence-corrected chi connectivity index (χ1v) is 11.1. The zero-order valence-corrected chi connectivity index (χ0v) is 18.9. The van der Waals surface area contributed by atoms with Gasteiger partial charge in [-0.3, -0.25) is 9.59 Å². The number of halogens is 1. The molecule has 1 aliphatic rings. The van der Waals surface area contributed by atoms with Crippen molar-refractivity contribution >= 4 is 40.9 Å². The quantitative estimate of drug-likeness (QED) is 0.468. The normalized spacial score (nSPS) is 15.7. The third-order valence-electron chi connectivity index (χ3n) is 4.93. The lowest BCUT2D eigenvalue weighted by Gasteiger charge is -2.16. The van der Waals surface area contributed by atoms with Crippen LogP contribution in [0, 0.1) is 25.2 Å². The highest BCUT2D eigenvalue weighted by molar-refractivity contribution is 8.00. The van der Waals surface area contributed by atoms with Crippen LogP contribution >= 0.6 is 23.4 Å². The van der Waals surface area contributed by atoms with E-state index in [0.29, 0.717) is 32.8 Å². The molecule has 1 fully saturated rings. The lowest BCUT2D eigenvalue weighted by atomic mass is 10.1. The molecular formula is C24H18ClN3O3S. The lowest BCUT2D eigenvalue weighted by Crippen LogP contribution is -2.31. The molecule has 2 heterocycles. The molecular weight excluding hydrogens is 446 g/mol. The number of anilines is 1. The molecule has 1 aromatic heterocycles. The molecule has 0 radical (unpaired) electrons. The summed E-state index contributed by atoms with van der Waals surface area (Å²) in [4.78, 5) is 31.3. The van der Waals surface area contributed by atoms with Gasteiger partial charge in [0.05, 0.1) is 16.5 Å². The summed E-state index contributed by atoms with van der Waals surface area (Å²) in [6, 6.07) is 17.7. The average molecular weight is 464 g/mol. The number of pyridine rings is 1. The zero-order valence-electron chi connectivity index (χ0n) is 17.3. The number of hydrogen-bond acceptors (Lipinski definition) is 6. The number of benzene rings is 2. The molecule has 0 aliphatic carbocycles. The Labute approximate surface area is 194 Å². The van der Waals surface area contributed by atoms with E-state index < -0.39 is 5.25 Å². The highest BCUT2D eigenvalue weighted by Crippen LogP contribution is 2.36. The molecule has 0 N–H and O–H groups in total. The number of imide groups is 1. The van der Waals surface area contributed by atoms with Crippen molar-refractivity contribution in [2.45, 2.75) is 30.5 Å². The van der Waals surface area contributed by atoms with Crippen LogP contribution in [0.4, 0.5) is 5.69 Å². The number of amides is 2. The minimum absolute atomic E-state index is 0.0477. The standard InChI is InChI=1S/C24H18ClN3O3S/c1-14-11-15(2)27-23(20(14)13-26)32-21-12-22(29)28(24(21)30)17-5-9-19(10-6-17)31-18-7-3-16(25)4-8-18/h3-11,21H,12H2,1-2H3. The second-order valence-corrected chi connectivity index (χ2v) is 8.93. The first kappa shape index (κ1) is 21.9. The Morgan fingerprint density at radius 2 is 1.72 bits per heavy atom. The maximum absolute atomic E-state index is 13.0. The maximum Gasteiger partial charge on any atom is 0.247 e. The molecule has 6 nitrogen and oxygen atoms in total. The van der Waals surface area contributed by atoms with Gasteiger partial charge in [0.1, 0.15) is 22.6 Å². The van der Waals surface area contributed by atoms with Crippen molar-refractivity contribution in [3.63, 3.8) is 0 Å². The number of nitriles is 1. The fourth-order valence-corrected chi connectivity index (χ4v) is 4.78. The van der Waals surface area contributed by atoms with Gasteiger partial charge in [-0.2, -0.15) is 5.26 Å². The molecule has 1 unspecified atom stereocenters. The van der Waals surface area contributed by atoms with Crippen molar-refractivity contribution in [3.05, 3.63) is 76.4 Å². The van der Waals surface area contributed by atoms with E-state index in [9.17, 15) is 14.9 Å². The second kappa shape index (κ2) is 9.03. The monoisotopic (exact) mass is 463 g/mol. The van der Waals surface area contributed by atoms with Gasteiger partial charge >= 0.3 is 0 Å². The van der Waals surface area contributed by atoms with Crippen LogP contribution in [-0.2, 0) is 9.59 Å². The molecule has 2 amide bonds. The van der Waals surface area contributed by atoms with Crippen LogP contribution in [-0.4, -0.2) is 22.0 Å². The van der Waals surface area contributed by atoms with Gasteiger partial charge in [0.25, 0.3) is 0 Å². The zero-order chi connectivity index (χ0) is 22.8. The minimum Gasteiger partial charge on any atom is -0.457 e. The number of carbonyl (C=O) groups excluding carboxylic acids is 2. The SMILES string of the molecule is Cc1cc(C)c(C#N)c(SC2CC(=O)N(c3ccc(Oc4ccc(Cl)cc4)cc3)C2=O)n1. The molecule has 0 bridgehead atoms. The first-order chi connectivity index (χ1) is 15.4. The summed E-state index contributed by atoms with van der Waals surface area (Å²) in [5, 5.41) is 9.93. The van der Waals surface area contributed by atoms with Crippen LogP contribution in [0.3, 0.4) is 0 Å². The van der Waals surface area contributed by atoms with Gasteiger partial charge in [-0.25, -0.2) is 9.88 Å². The van der Waals surface area contributed by atoms with Gasteiger partial charge in [-0.05, 0) is 74.0 Å². The summed E-state index contributed by atoms with van der Waals surface area (Å²) in [5.41, 5.74) is 2.46. The van der Waals surface area contributed by atoms with Gasteiger partial charge in [0.15, 0.2) is 0 Å². The van der Waals surface area contributed by atoms with Gasteiger partial charge in [0, 0.05) is 17.1 Å². The Morgan fingerprint density at radius 1 is 1.09 bits per heavy atom. The summed E-state index contributed by atoms with van der Waals surface area (Å²) in [6.07, 6.45) is 0.0477. The lowest BCUT2D eigenvalue weighted by molar-refractivity contribution is -0.121. The predicted molar refractivity (Wildman–Crippen MR) is 123 cm³/mol.